The first-order chi connectivity index (χ1) is 10.8. The number of thioether (sulfide) groups is 2. The Morgan fingerprint density at radius 1 is 1.09 bits per heavy atom. The molecule has 2 aromatic rings. The molecule has 0 spiro atoms. The number of hydrogen-bond donors (Lipinski definition) is 0. The molecule has 0 aliphatic heterocycles. The molecule has 22 heavy (non-hydrogen) atoms. The molecular weight excluding hydrogens is 336 g/mol. The molecular formula is C15H20N2O2S3. The van der Waals surface area contributed by atoms with Gasteiger partial charge in [-0.2, -0.15) is 0 Å². The summed E-state index contributed by atoms with van der Waals surface area (Å²) in [7, 11) is 3.35. The van der Waals surface area contributed by atoms with Gasteiger partial charge in [-0.3, -0.25) is 0 Å². The molecule has 0 unspecified atom stereocenters. The summed E-state index contributed by atoms with van der Waals surface area (Å²) >= 11 is 5.12. The lowest BCUT2D eigenvalue weighted by molar-refractivity contribution is 0.400. The predicted octanol–water partition coefficient (Wildman–Crippen LogP) is 4.74. The first-order valence-electron chi connectivity index (χ1n) is 7.06. The van der Waals surface area contributed by atoms with Crippen molar-refractivity contribution in [3.8, 4) is 11.5 Å². The van der Waals surface area contributed by atoms with Crippen LogP contribution < -0.4 is 9.47 Å². The van der Waals surface area contributed by atoms with E-state index in [9.17, 15) is 0 Å². The summed E-state index contributed by atoms with van der Waals surface area (Å²) in [6, 6.07) is 5.84. The van der Waals surface area contributed by atoms with Crippen LogP contribution in [0.2, 0.25) is 0 Å². The van der Waals surface area contributed by atoms with Gasteiger partial charge in [0.2, 0.25) is 0 Å². The molecule has 120 valence electrons. The average Bonchev–Trinajstić information content (AvgIpc) is 3.00. The van der Waals surface area contributed by atoms with Crippen molar-refractivity contribution < 1.29 is 9.47 Å². The predicted molar refractivity (Wildman–Crippen MR) is 94.6 cm³/mol. The summed E-state index contributed by atoms with van der Waals surface area (Å²) in [6.45, 7) is 2.20. The molecule has 4 nitrogen and oxygen atoms in total. The summed E-state index contributed by atoms with van der Waals surface area (Å²) in [4.78, 5) is 0. The van der Waals surface area contributed by atoms with E-state index in [1.165, 1.54) is 12.8 Å². The smallest absolute Gasteiger partial charge is 0.175 e. The lowest BCUT2D eigenvalue weighted by Gasteiger charge is -2.09. The summed E-state index contributed by atoms with van der Waals surface area (Å²) in [5, 5.41) is 8.48. The van der Waals surface area contributed by atoms with E-state index in [0.29, 0.717) is 0 Å². The van der Waals surface area contributed by atoms with Crippen molar-refractivity contribution in [2.24, 2.45) is 0 Å². The first-order valence-corrected chi connectivity index (χ1v) is 9.85. The van der Waals surface area contributed by atoms with Gasteiger partial charge in [0, 0.05) is 17.1 Å². The third-order valence-electron chi connectivity index (χ3n) is 2.95. The van der Waals surface area contributed by atoms with E-state index in [1.54, 1.807) is 49.1 Å². The number of unbranched alkanes of at least 4 members (excludes halogenated alkanes) is 1. The highest BCUT2D eigenvalue weighted by Crippen LogP contribution is 2.34. The Labute approximate surface area is 144 Å². The lowest BCUT2D eigenvalue weighted by Crippen LogP contribution is -1.92. The highest BCUT2D eigenvalue weighted by atomic mass is 32.2. The van der Waals surface area contributed by atoms with Crippen LogP contribution in [0.15, 0.2) is 26.9 Å². The Morgan fingerprint density at radius 2 is 1.86 bits per heavy atom. The van der Waals surface area contributed by atoms with Crippen LogP contribution in [0.3, 0.4) is 0 Å². The maximum absolute atomic E-state index is 5.40. The molecule has 0 atom stereocenters. The van der Waals surface area contributed by atoms with E-state index in [-0.39, 0.29) is 0 Å². The van der Waals surface area contributed by atoms with Crippen molar-refractivity contribution in [1.82, 2.24) is 10.2 Å². The molecule has 0 aliphatic carbocycles. The molecule has 0 radical (unpaired) electrons. The molecule has 0 fully saturated rings. The summed E-state index contributed by atoms with van der Waals surface area (Å²) < 4.78 is 12.7. The van der Waals surface area contributed by atoms with Crippen molar-refractivity contribution in [2.45, 2.75) is 34.2 Å². The summed E-state index contributed by atoms with van der Waals surface area (Å²) in [5.41, 5.74) is 1.10. The Bertz CT molecular complexity index is 590. The number of nitrogens with zero attached hydrogens (tertiary/aromatic N) is 2. The van der Waals surface area contributed by atoms with E-state index in [4.69, 9.17) is 9.47 Å². The van der Waals surface area contributed by atoms with Crippen molar-refractivity contribution in [1.29, 1.82) is 0 Å². The van der Waals surface area contributed by atoms with Crippen LogP contribution in [0, 0.1) is 0 Å². The Morgan fingerprint density at radius 3 is 2.55 bits per heavy atom. The van der Waals surface area contributed by atoms with Crippen LogP contribution in [0.25, 0.3) is 0 Å². The molecule has 1 aromatic heterocycles. The SMILES string of the molecule is CCCCSc1nnc(SCc2cc(OC)ccc2OC)s1. The maximum Gasteiger partial charge on any atom is 0.175 e. The molecule has 0 N–H and O–H groups in total. The third kappa shape index (κ3) is 5.07. The number of hydrogen-bond acceptors (Lipinski definition) is 7. The Hall–Kier alpha value is -0.920. The van der Waals surface area contributed by atoms with Crippen molar-refractivity contribution in [2.75, 3.05) is 20.0 Å². The average molecular weight is 357 g/mol. The topological polar surface area (TPSA) is 44.2 Å². The minimum atomic E-state index is 0.786. The Kier molecular flexibility index (Phi) is 7.35. The molecule has 1 heterocycles. The highest BCUT2D eigenvalue weighted by Gasteiger charge is 2.09. The molecule has 2 rings (SSSR count). The van der Waals surface area contributed by atoms with Crippen molar-refractivity contribution >= 4 is 34.9 Å². The number of aromatic nitrogens is 2. The fourth-order valence-corrected chi connectivity index (χ4v) is 4.90. The van der Waals surface area contributed by atoms with Gasteiger partial charge in [0.05, 0.1) is 14.2 Å². The molecule has 0 saturated carbocycles. The molecule has 0 saturated heterocycles. The van der Waals surface area contributed by atoms with Gasteiger partial charge in [-0.25, -0.2) is 0 Å². The van der Waals surface area contributed by atoms with Gasteiger partial charge in [-0.05, 0) is 24.6 Å². The fraction of sp³-hybridized carbons (Fsp3) is 0.467. The molecule has 0 bridgehead atoms. The number of methoxy groups -OCH3 is 2. The second-order valence-corrected chi connectivity index (χ2v) is 8.04. The fourth-order valence-electron chi connectivity index (χ4n) is 1.75. The quantitative estimate of drug-likeness (QED) is 0.478. The second kappa shape index (κ2) is 9.27. The van der Waals surface area contributed by atoms with E-state index in [1.807, 2.05) is 18.2 Å². The highest BCUT2D eigenvalue weighted by molar-refractivity contribution is 8.02. The van der Waals surface area contributed by atoms with Crippen LogP contribution in [-0.2, 0) is 5.75 Å². The van der Waals surface area contributed by atoms with Crippen LogP contribution >= 0.6 is 34.9 Å². The number of rotatable bonds is 9. The van der Waals surface area contributed by atoms with Crippen molar-refractivity contribution in [3.63, 3.8) is 0 Å². The van der Waals surface area contributed by atoms with Gasteiger partial charge in [-0.1, -0.05) is 48.2 Å². The summed E-state index contributed by atoms with van der Waals surface area (Å²) in [6.07, 6.45) is 2.43. The van der Waals surface area contributed by atoms with E-state index >= 15 is 0 Å². The normalized spacial score (nSPS) is 10.7. The maximum atomic E-state index is 5.40. The first kappa shape index (κ1) is 17.4. The van der Waals surface area contributed by atoms with Gasteiger partial charge < -0.3 is 9.47 Å². The number of ether oxygens (including phenoxy) is 2. The van der Waals surface area contributed by atoms with E-state index in [0.717, 1.165) is 37.2 Å². The third-order valence-corrected chi connectivity index (χ3v) is 6.28. The largest absolute Gasteiger partial charge is 0.497 e. The zero-order chi connectivity index (χ0) is 15.8. The van der Waals surface area contributed by atoms with Crippen LogP contribution in [0.4, 0.5) is 0 Å². The van der Waals surface area contributed by atoms with E-state index < -0.39 is 0 Å². The minimum absolute atomic E-state index is 0.786. The van der Waals surface area contributed by atoms with Crippen LogP contribution in [-0.4, -0.2) is 30.2 Å². The monoisotopic (exact) mass is 356 g/mol. The molecule has 0 amide bonds. The summed E-state index contributed by atoms with van der Waals surface area (Å²) in [5.74, 6) is 3.61. The molecule has 0 aliphatic rings. The van der Waals surface area contributed by atoms with Gasteiger partial charge in [-0.15, -0.1) is 10.2 Å². The van der Waals surface area contributed by atoms with Crippen LogP contribution in [0.1, 0.15) is 25.3 Å². The van der Waals surface area contributed by atoms with E-state index in [2.05, 4.69) is 17.1 Å². The van der Waals surface area contributed by atoms with Crippen molar-refractivity contribution in [3.05, 3.63) is 23.8 Å². The standard InChI is InChI=1S/C15H20N2O2S3/c1-4-5-8-20-14-16-17-15(22-14)21-10-11-9-12(18-2)6-7-13(11)19-3/h6-7,9H,4-5,8,10H2,1-3H3. The van der Waals surface area contributed by atoms with Gasteiger partial charge in [0.1, 0.15) is 11.5 Å². The minimum Gasteiger partial charge on any atom is -0.497 e. The molecule has 7 heteroatoms. The lowest BCUT2D eigenvalue weighted by atomic mass is 10.2. The second-order valence-electron chi connectivity index (χ2n) is 4.50. The Balaban J connectivity index is 1.95. The van der Waals surface area contributed by atoms with Gasteiger partial charge in [0.25, 0.3) is 0 Å². The zero-order valence-electron chi connectivity index (χ0n) is 13.0. The van der Waals surface area contributed by atoms with Gasteiger partial charge in [0.15, 0.2) is 8.68 Å². The van der Waals surface area contributed by atoms with Gasteiger partial charge >= 0.3 is 0 Å². The zero-order valence-corrected chi connectivity index (χ0v) is 15.4. The number of benzene rings is 1. The molecule has 1 aromatic carbocycles. The van der Waals surface area contributed by atoms with Crippen LogP contribution in [0.5, 0.6) is 11.5 Å².